The summed E-state index contributed by atoms with van der Waals surface area (Å²) in [6, 6.07) is 4.99. The van der Waals surface area contributed by atoms with E-state index in [2.05, 4.69) is 25.7 Å². The van der Waals surface area contributed by atoms with Gasteiger partial charge in [0.2, 0.25) is 0 Å². The fourth-order valence-electron chi connectivity index (χ4n) is 1.96. The van der Waals surface area contributed by atoms with Gasteiger partial charge in [0, 0.05) is 18.2 Å². The van der Waals surface area contributed by atoms with Crippen LogP contribution in [-0.4, -0.2) is 18.9 Å². The summed E-state index contributed by atoms with van der Waals surface area (Å²) in [7, 11) is 0. The predicted octanol–water partition coefficient (Wildman–Crippen LogP) is 4.04. The standard InChI is InChI=1S/C15H22FNO/c1-4-6-9-17(12(3)5-2)15-8-7-13(11-18)10-14(15)16/h7-8,10-12H,4-6,9H2,1-3H3. The van der Waals surface area contributed by atoms with Crippen molar-refractivity contribution >= 4 is 12.0 Å². The van der Waals surface area contributed by atoms with Crippen molar-refractivity contribution in [3.8, 4) is 0 Å². The summed E-state index contributed by atoms with van der Waals surface area (Å²) in [5, 5.41) is 0. The molecule has 2 nitrogen and oxygen atoms in total. The van der Waals surface area contributed by atoms with E-state index in [0.717, 1.165) is 25.8 Å². The van der Waals surface area contributed by atoms with Crippen molar-refractivity contribution < 1.29 is 9.18 Å². The Morgan fingerprint density at radius 1 is 1.39 bits per heavy atom. The van der Waals surface area contributed by atoms with Crippen LogP contribution >= 0.6 is 0 Å². The molecule has 1 unspecified atom stereocenters. The van der Waals surface area contributed by atoms with Crippen LogP contribution in [0.5, 0.6) is 0 Å². The molecule has 3 heteroatoms. The molecule has 0 aliphatic carbocycles. The maximum absolute atomic E-state index is 14.0. The van der Waals surface area contributed by atoms with Gasteiger partial charge >= 0.3 is 0 Å². The zero-order valence-corrected chi connectivity index (χ0v) is 11.4. The van der Waals surface area contributed by atoms with E-state index >= 15 is 0 Å². The molecule has 0 N–H and O–H groups in total. The number of hydrogen-bond acceptors (Lipinski definition) is 2. The molecule has 0 amide bonds. The number of carbonyl (C=O) groups excluding carboxylic acids is 1. The Hall–Kier alpha value is -1.38. The summed E-state index contributed by atoms with van der Waals surface area (Å²) in [4.78, 5) is 12.7. The average molecular weight is 251 g/mol. The van der Waals surface area contributed by atoms with Gasteiger partial charge in [-0.2, -0.15) is 0 Å². The second kappa shape index (κ2) is 7.14. The molecular formula is C15H22FNO. The normalized spacial score (nSPS) is 12.2. The maximum Gasteiger partial charge on any atom is 0.150 e. The van der Waals surface area contributed by atoms with Crippen LogP contribution in [0.2, 0.25) is 0 Å². The number of unbranched alkanes of at least 4 members (excludes halogenated alkanes) is 1. The smallest absolute Gasteiger partial charge is 0.150 e. The van der Waals surface area contributed by atoms with Gasteiger partial charge in [0.15, 0.2) is 0 Å². The minimum atomic E-state index is -0.309. The highest BCUT2D eigenvalue weighted by atomic mass is 19.1. The molecule has 18 heavy (non-hydrogen) atoms. The number of aldehydes is 1. The van der Waals surface area contributed by atoms with E-state index in [9.17, 15) is 9.18 Å². The highest BCUT2D eigenvalue weighted by Crippen LogP contribution is 2.23. The molecular weight excluding hydrogens is 229 g/mol. The molecule has 0 aliphatic heterocycles. The molecule has 1 aromatic carbocycles. The Kier molecular flexibility index (Phi) is 5.83. The molecule has 100 valence electrons. The van der Waals surface area contributed by atoms with E-state index in [1.54, 1.807) is 12.1 Å². The molecule has 1 rings (SSSR count). The topological polar surface area (TPSA) is 20.3 Å². The number of benzene rings is 1. The van der Waals surface area contributed by atoms with Crippen LogP contribution in [0.1, 0.15) is 50.4 Å². The molecule has 0 saturated carbocycles. The van der Waals surface area contributed by atoms with Gasteiger partial charge in [-0.25, -0.2) is 4.39 Å². The number of rotatable bonds is 7. The van der Waals surface area contributed by atoms with E-state index in [4.69, 9.17) is 0 Å². The first-order chi connectivity index (χ1) is 8.63. The van der Waals surface area contributed by atoms with Crippen molar-refractivity contribution in [2.75, 3.05) is 11.4 Å². The van der Waals surface area contributed by atoms with E-state index in [-0.39, 0.29) is 5.82 Å². The van der Waals surface area contributed by atoms with Gasteiger partial charge in [-0.15, -0.1) is 0 Å². The third-order valence-corrected chi connectivity index (χ3v) is 3.29. The fraction of sp³-hybridized carbons (Fsp3) is 0.533. The Labute approximate surface area is 109 Å². The summed E-state index contributed by atoms with van der Waals surface area (Å²) in [5.41, 5.74) is 0.985. The van der Waals surface area contributed by atoms with Crippen LogP contribution in [0.3, 0.4) is 0 Å². The van der Waals surface area contributed by atoms with Crippen molar-refractivity contribution in [1.82, 2.24) is 0 Å². The zero-order chi connectivity index (χ0) is 13.5. The Morgan fingerprint density at radius 2 is 2.11 bits per heavy atom. The lowest BCUT2D eigenvalue weighted by molar-refractivity contribution is 0.112. The molecule has 0 saturated heterocycles. The van der Waals surface area contributed by atoms with E-state index in [1.165, 1.54) is 6.07 Å². The van der Waals surface area contributed by atoms with Gasteiger partial charge in [-0.1, -0.05) is 20.3 Å². The summed E-state index contributed by atoms with van der Waals surface area (Å²) in [6.45, 7) is 7.17. The maximum atomic E-state index is 14.0. The predicted molar refractivity (Wildman–Crippen MR) is 73.8 cm³/mol. The highest BCUT2D eigenvalue weighted by Gasteiger charge is 2.16. The second-order valence-electron chi connectivity index (χ2n) is 4.63. The van der Waals surface area contributed by atoms with Gasteiger partial charge in [-0.05, 0) is 38.0 Å². The second-order valence-corrected chi connectivity index (χ2v) is 4.63. The molecule has 0 radical (unpaired) electrons. The van der Waals surface area contributed by atoms with Gasteiger partial charge < -0.3 is 4.90 Å². The molecule has 0 spiro atoms. The lowest BCUT2D eigenvalue weighted by atomic mass is 10.1. The highest BCUT2D eigenvalue weighted by molar-refractivity contribution is 5.76. The molecule has 1 atom stereocenters. The SMILES string of the molecule is CCCCN(c1ccc(C=O)cc1F)C(C)CC. The summed E-state index contributed by atoms with van der Waals surface area (Å²) in [5.74, 6) is -0.309. The zero-order valence-electron chi connectivity index (χ0n) is 11.4. The largest absolute Gasteiger partial charge is 0.366 e. The van der Waals surface area contributed by atoms with Crippen molar-refractivity contribution in [3.63, 3.8) is 0 Å². The molecule has 0 fully saturated rings. The Balaban J connectivity index is 3.00. The van der Waals surface area contributed by atoms with E-state index in [0.29, 0.717) is 23.6 Å². The van der Waals surface area contributed by atoms with Gasteiger partial charge in [-0.3, -0.25) is 4.79 Å². The van der Waals surface area contributed by atoms with Crippen molar-refractivity contribution in [1.29, 1.82) is 0 Å². The van der Waals surface area contributed by atoms with Crippen LogP contribution in [0.25, 0.3) is 0 Å². The average Bonchev–Trinajstić information content (AvgIpc) is 2.39. The molecule has 0 aromatic heterocycles. The number of carbonyl (C=O) groups is 1. The van der Waals surface area contributed by atoms with Crippen LogP contribution in [0.15, 0.2) is 18.2 Å². The third kappa shape index (κ3) is 3.56. The van der Waals surface area contributed by atoms with E-state index in [1.807, 2.05) is 0 Å². The fourth-order valence-corrected chi connectivity index (χ4v) is 1.96. The number of anilines is 1. The quantitative estimate of drug-likeness (QED) is 0.681. The Bertz CT molecular complexity index is 392. The third-order valence-electron chi connectivity index (χ3n) is 3.29. The van der Waals surface area contributed by atoms with Crippen LogP contribution in [-0.2, 0) is 0 Å². The summed E-state index contributed by atoms with van der Waals surface area (Å²) in [6.07, 6.45) is 3.77. The van der Waals surface area contributed by atoms with Gasteiger partial charge in [0.1, 0.15) is 12.1 Å². The number of nitrogens with zero attached hydrogens (tertiary/aromatic N) is 1. The van der Waals surface area contributed by atoms with Crippen molar-refractivity contribution in [3.05, 3.63) is 29.6 Å². The molecule has 0 heterocycles. The summed E-state index contributed by atoms with van der Waals surface area (Å²) >= 11 is 0. The lowest BCUT2D eigenvalue weighted by Gasteiger charge is -2.31. The van der Waals surface area contributed by atoms with Crippen LogP contribution in [0, 0.1) is 5.82 Å². The number of halogens is 1. The van der Waals surface area contributed by atoms with Crippen LogP contribution in [0.4, 0.5) is 10.1 Å². The molecule has 0 bridgehead atoms. The van der Waals surface area contributed by atoms with Crippen LogP contribution < -0.4 is 4.90 Å². The monoisotopic (exact) mass is 251 g/mol. The van der Waals surface area contributed by atoms with Crippen molar-refractivity contribution in [2.24, 2.45) is 0 Å². The minimum Gasteiger partial charge on any atom is -0.366 e. The van der Waals surface area contributed by atoms with E-state index < -0.39 is 0 Å². The first-order valence-electron chi connectivity index (χ1n) is 6.65. The first-order valence-corrected chi connectivity index (χ1v) is 6.65. The van der Waals surface area contributed by atoms with Gasteiger partial charge in [0.25, 0.3) is 0 Å². The first kappa shape index (κ1) is 14.7. The Morgan fingerprint density at radius 3 is 2.61 bits per heavy atom. The van der Waals surface area contributed by atoms with Gasteiger partial charge in [0.05, 0.1) is 5.69 Å². The lowest BCUT2D eigenvalue weighted by Crippen LogP contribution is -2.34. The molecule has 1 aromatic rings. The minimum absolute atomic E-state index is 0.299. The van der Waals surface area contributed by atoms with Crippen molar-refractivity contribution in [2.45, 2.75) is 46.1 Å². The number of hydrogen-bond donors (Lipinski definition) is 0. The molecule has 0 aliphatic rings. The summed E-state index contributed by atoms with van der Waals surface area (Å²) < 4.78 is 14.0.